The lowest BCUT2D eigenvalue weighted by Crippen LogP contribution is -2.25. The molecule has 1 unspecified atom stereocenters. The standard InChI is InChI=1S/C38H80Si/c1-5-9-13-17-19-20-21-22-23-24-25-26-28-30-34-37(33-29-27-18-14-10-6-2)38(39,35-31-15-11-7-3)36-32-16-12-8-4/h37H,5-36H2,1-4,39H3. The van der Waals surface area contributed by atoms with Crippen LogP contribution < -0.4 is 0 Å². The predicted molar refractivity (Wildman–Crippen MR) is 187 cm³/mol. The Labute approximate surface area is 253 Å². The molecule has 0 rings (SSSR count). The summed E-state index contributed by atoms with van der Waals surface area (Å²) in [5.74, 6) is 1.04. The first-order valence-electron chi connectivity index (χ1n) is 19.1. The lowest BCUT2D eigenvalue weighted by atomic mass is 9.76. The van der Waals surface area contributed by atoms with Crippen molar-refractivity contribution in [2.45, 2.75) is 238 Å². The maximum absolute atomic E-state index is 2.37. The summed E-state index contributed by atoms with van der Waals surface area (Å²) in [6, 6.07) is 0. The Morgan fingerprint density at radius 3 is 0.846 bits per heavy atom. The van der Waals surface area contributed by atoms with Crippen molar-refractivity contribution in [3.8, 4) is 0 Å². The van der Waals surface area contributed by atoms with Gasteiger partial charge in [-0.25, -0.2) is 0 Å². The van der Waals surface area contributed by atoms with Gasteiger partial charge in [0.2, 0.25) is 0 Å². The van der Waals surface area contributed by atoms with Crippen LogP contribution in [-0.4, -0.2) is 10.2 Å². The van der Waals surface area contributed by atoms with Crippen molar-refractivity contribution in [1.29, 1.82) is 0 Å². The van der Waals surface area contributed by atoms with Crippen LogP contribution in [-0.2, 0) is 0 Å². The topological polar surface area (TPSA) is 0 Å². The summed E-state index contributed by atoms with van der Waals surface area (Å²) in [7, 11) is 1.43. The molecule has 0 aromatic rings. The largest absolute Gasteiger partial charge is 0.0654 e. The van der Waals surface area contributed by atoms with Crippen LogP contribution in [0.1, 0.15) is 233 Å². The molecule has 0 amide bonds. The number of hydrogen-bond acceptors (Lipinski definition) is 0. The molecule has 0 aliphatic rings. The van der Waals surface area contributed by atoms with E-state index in [0.29, 0.717) is 0 Å². The predicted octanol–water partition coefficient (Wildman–Crippen LogP) is 13.7. The van der Waals surface area contributed by atoms with Gasteiger partial charge in [-0.1, -0.05) is 233 Å². The van der Waals surface area contributed by atoms with Gasteiger partial charge in [0, 0.05) is 10.2 Å². The van der Waals surface area contributed by atoms with Crippen LogP contribution in [0.25, 0.3) is 0 Å². The number of unbranched alkanes of at least 4 members (excludes halogenated alkanes) is 24. The molecule has 0 aromatic carbocycles. The van der Waals surface area contributed by atoms with Crippen LogP contribution >= 0.6 is 0 Å². The zero-order valence-electron chi connectivity index (χ0n) is 28.7. The second-order valence-electron chi connectivity index (χ2n) is 13.9. The van der Waals surface area contributed by atoms with Crippen molar-refractivity contribution in [1.82, 2.24) is 0 Å². The maximum atomic E-state index is 2.37. The second-order valence-corrected chi connectivity index (χ2v) is 15.9. The molecule has 1 atom stereocenters. The van der Waals surface area contributed by atoms with E-state index in [1.165, 1.54) is 190 Å². The van der Waals surface area contributed by atoms with Crippen LogP contribution in [0.4, 0.5) is 0 Å². The normalized spacial score (nSPS) is 12.9. The monoisotopic (exact) mass is 565 g/mol. The van der Waals surface area contributed by atoms with Gasteiger partial charge in [-0.05, 0) is 11.0 Å². The molecular formula is C38H80Si. The molecule has 0 radical (unpaired) electrons. The maximum Gasteiger partial charge on any atom is 0.0110 e. The van der Waals surface area contributed by atoms with Crippen molar-refractivity contribution in [2.75, 3.05) is 0 Å². The molecular weight excluding hydrogens is 485 g/mol. The van der Waals surface area contributed by atoms with Gasteiger partial charge in [-0.3, -0.25) is 0 Å². The van der Waals surface area contributed by atoms with Crippen molar-refractivity contribution in [3.63, 3.8) is 0 Å². The van der Waals surface area contributed by atoms with Gasteiger partial charge in [-0.15, -0.1) is 0 Å². The van der Waals surface area contributed by atoms with E-state index in [4.69, 9.17) is 0 Å². The fraction of sp³-hybridized carbons (Fsp3) is 1.00. The Hall–Kier alpha value is 0.217. The summed E-state index contributed by atoms with van der Waals surface area (Å²) >= 11 is 0. The molecule has 0 saturated carbocycles. The van der Waals surface area contributed by atoms with E-state index in [9.17, 15) is 0 Å². The Morgan fingerprint density at radius 1 is 0.333 bits per heavy atom. The SMILES string of the molecule is CCCCCCCCCCCCCCCCC(CCCCCCCC)C([SiH3])(CCCCCC)CCCCCC. The van der Waals surface area contributed by atoms with E-state index in [0.717, 1.165) is 11.0 Å². The van der Waals surface area contributed by atoms with E-state index in [2.05, 4.69) is 27.7 Å². The van der Waals surface area contributed by atoms with Crippen LogP contribution in [0, 0.1) is 5.92 Å². The zero-order chi connectivity index (χ0) is 28.7. The van der Waals surface area contributed by atoms with Gasteiger partial charge in [0.25, 0.3) is 0 Å². The summed E-state index contributed by atoms with van der Waals surface area (Å²) in [6.07, 6.45) is 47.4. The lowest BCUT2D eigenvalue weighted by Gasteiger charge is -2.39. The van der Waals surface area contributed by atoms with Gasteiger partial charge in [0.05, 0.1) is 0 Å². The molecule has 0 aliphatic heterocycles. The minimum absolute atomic E-state index is 0.738. The fourth-order valence-corrected chi connectivity index (χ4v) is 8.33. The molecule has 236 valence electrons. The number of hydrogen-bond donors (Lipinski definition) is 0. The molecule has 0 heterocycles. The summed E-state index contributed by atoms with van der Waals surface area (Å²) in [5.41, 5.74) is 0. The smallest absolute Gasteiger partial charge is 0.0110 e. The third kappa shape index (κ3) is 25.6. The quantitative estimate of drug-likeness (QED) is 0.0549. The summed E-state index contributed by atoms with van der Waals surface area (Å²) in [5, 5.41) is 0.738. The van der Waals surface area contributed by atoms with Crippen LogP contribution in [0.3, 0.4) is 0 Å². The molecule has 0 aromatic heterocycles. The highest BCUT2D eigenvalue weighted by Gasteiger charge is 2.32. The Kier molecular flexibility index (Phi) is 31.3. The molecule has 1 heteroatoms. The molecule has 0 aliphatic carbocycles. The molecule has 0 spiro atoms. The van der Waals surface area contributed by atoms with Gasteiger partial charge >= 0.3 is 0 Å². The molecule has 0 N–H and O–H groups in total. The van der Waals surface area contributed by atoms with Crippen LogP contribution in [0.2, 0.25) is 5.04 Å². The molecule has 0 bridgehead atoms. The van der Waals surface area contributed by atoms with E-state index < -0.39 is 0 Å². The van der Waals surface area contributed by atoms with E-state index in [1.807, 2.05) is 0 Å². The van der Waals surface area contributed by atoms with Gasteiger partial charge in [0.15, 0.2) is 0 Å². The molecule has 0 nitrogen and oxygen atoms in total. The zero-order valence-corrected chi connectivity index (χ0v) is 30.7. The minimum Gasteiger partial charge on any atom is -0.0654 e. The third-order valence-corrected chi connectivity index (χ3v) is 11.8. The first-order valence-corrected chi connectivity index (χ1v) is 20.1. The third-order valence-electron chi connectivity index (χ3n) is 10.0. The Balaban J connectivity index is 4.48. The van der Waals surface area contributed by atoms with E-state index in [-0.39, 0.29) is 0 Å². The van der Waals surface area contributed by atoms with Gasteiger partial charge < -0.3 is 0 Å². The summed E-state index contributed by atoms with van der Waals surface area (Å²) in [4.78, 5) is 0. The highest BCUT2D eigenvalue weighted by Crippen LogP contribution is 2.48. The van der Waals surface area contributed by atoms with E-state index in [1.54, 1.807) is 25.7 Å². The Bertz CT molecular complexity index is 432. The molecule has 0 saturated heterocycles. The first kappa shape index (κ1) is 39.2. The van der Waals surface area contributed by atoms with Crippen molar-refractivity contribution >= 4 is 10.2 Å². The van der Waals surface area contributed by atoms with Gasteiger partial charge in [0.1, 0.15) is 0 Å². The average molecular weight is 565 g/mol. The van der Waals surface area contributed by atoms with E-state index >= 15 is 0 Å². The van der Waals surface area contributed by atoms with Crippen molar-refractivity contribution in [3.05, 3.63) is 0 Å². The summed E-state index contributed by atoms with van der Waals surface area (Å²) in [6.45, 7) is 9.41. The highest BCUT2D eigenvalue weighted by atomic mass is 28.1. The molecule has 0 fully saturated rings. The first-order chi connectivity index (χ1) is 19.1. The average Bonchev–Trinajstić information content (AvgIpc) is 2.94. The number of rotatable bonds is 33. The van der Waals surface area contributed by atoms with Crippen LogP contribution in [0.5, 0.6) is 0 Å². The second kappa shape index (κ2) is 31.2. The lowest BCUT2D eigenvalue weighted by molar-refractivity contribution is 0.254. The van der Waals surface area contributed by atoms with Gasteiger partial charge in [-0.2, -0.15) is 0 Å². The van der Waals surface area contributed by atoms with Crippen molar-refractivity contribution < 1.29 is 0 Å². The van der Waals surface area contributed by atoms with Crippen molar-refractivity contribution in [2.24, 2.45) is 5.92 Å². The molecule has 39 heavy (non-hydrogen) atoms. The Morgan fingerprint density at radius 2 is 0.564 bits per heavy atom. The highest BCUT2D eigenvalue weighted by molar-refractivity contribution is 6.15. The summed E-state index contributed by atoms with van der Waals surface area (Å²) < 4.78 is 0. The fourth-order valence-electron chi connectivity index (χ4n) is 7.04. The minimum atomic E-state index is 0.738. The van der Waals surface area contributed by atoms with Crippen LogP contribution in [0.15, 0.2) is 0 Å².